The molecule has 2 N–H and O–H groups in total. The van der Waals surface area contributed by atoms with Crippen molar-refractivity contribution < 1.29 is 16.8 Å². The fourth-order valence-electron chi connectivity index (χ4n) is 2.81. The minimum Gasteiger partial charge on any atom is -0.280 e. The number of nitrogens with one attached hydrogen (secondary N) is 2. The first-order chi connectivity index (χ1) is 14.7. The zero-order valence-corrected chi connectivity index (χ0v) is 18.9. The van der Waals surface area contributed by atoms with E-state index in [1.54, 1.807) is 37.3 Å². The molecular formula is C21H24N4O4S2. The van der Waals surface area contributed by atoms with Crippen LogP contribution in [0.1, 0.15) is 31.0 Å². The van der Waals surface area contributed by atoms with E-state index in [0.717, 1.165) is 24.8 Å². The maximum atomic E-state index is 12.6. The van der Waals surface area contributed by atoms with Crippen LogP contribution in [0.25, 0.3) is 0 Å². The van der Waals surface area contributed by atoms with Crippen molar-refractivity contribution in [1.29, 1.82) is 0 Å². The third kappa shape index (κ3) is 6.02. The van der Waals surface area contributed by atoms with E-state index >= 15 is 0 Å². The van der Waals surface area contributed by atoms with Crippen molar-refractivity contribution in [1.82, 2.24) is 9.97 Å². The van der Waals surface area contributed by atoms with Crippen molar-refractivity contribution in [2.45, 2.75) is 42.9 Å². The molecule has 0 aliphatic heterocycles. The van der Waals surface area contributed by atoms with Gasteiger partial charge in [0.05, 0.1) is 9.79 Å². The Morgan fingerprint density at radius 1 is 0.806 bits per heavy atom. The molecular weight excluding hydrogens is 436 g/mol. The summed E-state index contributed by atoms with van der Waals surface area (Å²) in [4.78, 5) is 7.99. The molecule has 3 aromatic rings. The molecule has 0 unspecified atom stereocenters. The standard InChI is InChI=1S/C21H24N4O4S2/c1-3-4-5-17-6-10-19(11-7-17)30(26,27)24-18-8-12-20(13-9-18)31(28,29)25-21-22-15-14-16(2)23-21/h6-15,24H,3-5H2,1-2H3,(H,22,23,25). The number of aryl methyl sites for hydroxylation is 2. The number of hydrogen-bond acceptors (Lipinski definition) is 6. The molecule has 2 aromatic carbocycles. The lowest BCUT2D eigenvalue weighted by molar-refractivity contribution is 0.599. The Morgan fingerprint density at radius 2 is 1.39 bits per heavy atom. The van der Waals surface area contributed by atoms with Gasteiger partial charge in [0.15, 0.2) is 0 Å². The van der Waals surface area contributed by atoms with Gasteiger partial charge in [-0.05, 0) is 67.8 Å². The van der Waals surface area contributed by atoms with E-state index in [4.69, 9.17) is 0 Å². The summed E-state index contributed by atoms with van der Waals surface area (Å²) in [7, 11) is -7.69. The molecule has 0 bridgehead atoms. The second-order valence-corrected chi connectivity index (χ2v) is 10.4. The smallest absolute Gasteiger partial charge is 0.264 e. The summed E-state index contributed by atoms with van der Waals surface area (Å²) < 4.78 is 55.0. The lowest BCUT2D eigenvalue weighted by Crippen LogP contribution is -2.16. The van der Waals surface area contributed by atoms with Crippen molar-refractivity contribution in [3.05, 3.63) is 72.1 Å². The van der Waals surface area contributed by atoms with Crippen LogP contribution in [-0.2, 0) is 26.5 Å². The predicted molar refractivity (Wildman–Crippen MR) is 120 cm³/mol. The van der Waals surface area contributed by atoms with E-state index in [-0.39, 0.29) is 21.4 Å². The molecule has 0 spiro atoms. The van der Waals surface area contributed by atoms with Gasteiger partial charge in [-0.1, -0.05) is 25.5 Å². The molecule has 0 radical (unpaired) electrons. The van der Waals surface area contributed by atoms with Crippen LogP contribution in [0.3, 0.4) is 0 Å². The molecule has 8 nitrogen and oxygen atoms in total. The second kappa shape index (κ2) is 9.44. The SMILES string of the molecule is CCCCc1ccc(S(=O)(=O)Nc2ccc(S(=O)(=O)Nc3nccc(C)n3)cc2)cc1. The maximum Gasteiger partial charge on any atom is 0.264 e. The van der Waals surface area contributed by atoms with Gasteiger partial charge in [0.2, 0.25) is 5.95 Å². The number of unbranched alkanes of at least 4 members (excludes halogenated alkanes) is 1. The molecule has 0 atom stereocenters. The Kier molecular flexibility index (Phi) is 6.91. The topological polar surface area (TPSA) is 118 Å². The third-order valence-corrected chi connectivity index (χ3v) is 7.23. The van der Waals surface area contributed by atoms with Gasteiger partial charge in [0.25, 0.3) is 20.0 Å². The fraction of sp³-hybridized carbons (Fsp3) is 0.238. The highest BCUT2D eigenvalue weighted by Crippen LogP contribution is 2.20. The lowest BCUT2D eigenvalue weighted by atomic mass is 10.1. The molecule has 0 saturated heterocycles. The Labute approximate surface area is 182 Å². The summed E-state index contributed by atoms with van der Waals surface area (Å²) >= 11 is 0. The van der Waals surface area contributed by atoms with E-state index in [1.165, 1.54) is 30.5 Å². The molecule has 31 heavy (non-hydrogen) atoms. The van der Waals surface area contributed by atoms with Crippen LogP contribution >= 0.6 is 0 Å². The number of anilines is 2. The minimum absolute atomic E-state index is 0.0350. The number of rotatable bonds is 9. The summed E-state index contributed by atoms with van der Waals surface area (Å²) in [6.45, 7) is 3.82. The molecule has 1 heterocycles. The number of benzene rings is 2. The van der Waals surface area contributed by atoms with Crippen molar-refractivity contribution in [2.24, 2.45) is 0 Å². The van der Waals surface area contributed by atoms with Crippen LogP contribution in [0.2, 0.25) is 0 Å². The van der Waals surface area contributed by atoms with Crippen molar-refractivity contribution in [3.8, 4) is 0 Å². The van der Waals surface area contributed by atoms with Gasteiger partial charge in [0, 0.05) is 17.6 Å². The van der Waals surface area contributed by atoms with Gasteiger partial charge in [-0.2, -0.15) is 0 Å². The maximum absolute atomic E-state index is 12.6. The highest BCUT2D eigenvalue weighted by atomic mass is 32.2. The molecule has 0 amide bonds. The van der Waals surface area contributed by atoms with Crippen LogP contribution < -0.4 is 9.44 Å². The Hall–Kier alpha value is -2.98. The van der Waals surface area contributed by atoms with Crippen molar-refractivity contribution >= 4 is 31.7 Å². The van der Waals surface area contributed by atoms with Crippen LogP contribution in [0.4, 0.5) is 11.6 Å². The number of sulfonamides is 2. The Bertz CT molecular complexity index is 1240. The van der Waals surface area contributed by atoms with E-state index in [1.807, 2.05) is 0 Å². The quantitative estimate of drug-likeness (QED) is 0.502. The molecule has 164 valence electrons. The van der Waals surface area contributed by atoms with Gasteiger partial charge in [-0.3, -0.25) is 4.72 Å². The Balaban J connectivity index is 1.72. The van der Waals surface area contributed by atoms with Crippen LogP contribution in [-0.4, -0.2) is 26.8 Å². The van der Waals surface area contributed by atoms with Crippen LogP contribution in [0, 0.1) is 6.92 Å². The first kappa shape index (κ1) is 22.7. The normalized spacial score (nSPS) is 11.8. The van der Waals surface area contributed by atoms with Crippen molar-refractivity contribution in [2.75, 3.05) is 9.44 Å². The first-order valence-electron chi connectivity index (χ1n) is 9.74. The van der Waals surface area contributed by atoms with Gasteiger partial charge < -0.3 is 0 Å². The average molecular weight is 461 g/mol. The number of aromatic nitrogens is 2. The predicted octanol–water partition coefficient (Wildman–Crippen LogP) is 3.73. The third-order valence-electron chi connectivity index (χ3n) is 4.49. The summed E-state index contributed by atoms with van der Waals surface area (Å²) in [5.41, 5.74) is 1.96. The molecule has 0 aliphatic carbocycles. The number of nitrogens with zero attached hydrogens (tertiary/aromatic N) is 2. The zero-order chi connectivity index (χ0) is 22.5. The zero-order valence-electron chi connectivity index (χ0n) is 17.2. The first-order valence-corrected chi connectivity index (χ1v) is 12.7. The van der Waals surface area contributed by atoms with E-state index in [2.05, 4.69) is 26.3 Å². The molecule has 1 aromatic heterocycles. The van der Waals surface area contributed by atoms with E-state index in [0.29, 0.717) is 5.69 Å². The Morgan fingerprint density at radius 3 is 1.97 bits per heavy atom. The molecule has 0 aliphatic rings. The highest BCUT2D eigenvalue weighted by molar-refractivity contribution is 7.93. The van der Waals surface area contributed by atoms with Crippen LogP contribution in [0.15, 0.2) is 70.6 Å². The lowest BCUT2D eigenvalue weighted by Gasteiger charge is -2.10. The molecule has 3 rings (SSSR count). The fourth-order valence-corrected chi connectivity index (χ4v) is 4.82. The highest BCUT2D eigenvalue weighted by Gasteiger charge is 2.18. The second-order valence-electron chi connectivity index (χ2n) is 7.00. The number of hydrogen-bond donors (Lipinski definition) is 2. The van der Waals surface area contributed by atoms with E-state index in [9.17, 15) is 16.8 Å². The minimum atomic E-state index is -3.91. The van der Waals surface area contributed by atoms with Crippen molar-refractivity contribution in [3.63, 3.8) is 0 Å². The molecule has 0 fully saturated rings. The van der Waals surface area contributed by atoms with E-state index < -0.39 is 20.0 Å². The van der Waals surface area contributed by atoms with Gasteiger partial charge in [-0.15, -0.1) is 0 Å². The molecule has 0 saturated carbocycles. The summed E-state index contributed by atoms with van der Waals surface area (Å²) in [6, 6.07) is 13.8. The largest absolute Gasteiger partial charge is 0.280 e. The van der Waals surface area contributed by atoms with Gasteiger partial charge in [-0.25, -0.2) is 31.5 Å². The van der Waals surface area contributed by atoms with Crippen LogP contribution in [0.5, 0.6) is 0 Å². The monoisotopic (exact) mass is 460 g/mol. The molecule has 10 heteroatoms. The summed E-state index contributed by atoms with van der Waals surface area (Å²) in [5.74, 6) is -0.0350. The summed E-state index contributed by atoms with van der Waals surface area (Å²) in [6.07, 6.45) is 4.47. The van der Waals surface area contributed by atoms with Gasteiger partial charge in [0.1, 0.15) is 0 Å². The average Bonchev–Trinajstić information content (AvgIpc) is 2.72. The van der Waals surface area contributed by atoms with Gasteiger partial charge >= 0.3 is 0 Å². The summed E-state index contributed by atoms with van der Waals surface area (Å²) in [5, 5.41) is 0.